The van der Waals surface area contributed by atoms with Crippen molar-refractivity contribution < 1.29 is 9.90 Å². The number of hydrogen-bond acceptors (Lipinski definition) is 3. The molecule has 0 radical (unpaired) electrons. The standard InChI is InChI=1S/C15H20N2O2/c18-9-10-1-4-13(7-10)17-15(19)12-5-6-16-14(8-12)11-2-3-11/h5-6,8,10-11,13,18H,1-4,7,9H2,(H,17,19)/t10-,13+/m1/s1. The van der Waals surface area contributed by atoms with Gasteiger partial charge in [0, 0.05) is 36.0 Å². The van der Waals surface area contributed by atoms with Gasteiger partial charge in [-0.1, -0.05) is 0 Å². The number of aliphatic hydroxyl groups is 1. The third kappa shape index (κ3) is 2.95. The average Bonchev–Trinajstić information content (AvgIpc) is 3.20. The van der Waals surface area contributed by atoms with Gasteiger partial charge >= 0.3 is 0 Å². The van der Waals surface area contributed by atoms with Crippen LogP contribution in [0.1, 0.15) is 54.1 Å². The van der Waals surface area contributed by atoms with Gasteiger partial charge in [0.15, 0.2) is 0 Å². The Bertz CT molecular complexity index is 471. The number of aliphatic hydroxyl groups excluding tert-OH is 1. The number of hydrogen-bond donors (Lipinski definition) is 2. The van der Waals surface area contributed by atoms with Crippen molar-refractivity contribution in [3.05, 3.63) is 29.6 Å². The molecule has 1 aromatic heterocycles. The van der Waals surface area contributed by atoms with E-state index in [4.69, 9.17) is 5.11 Å². The number of aromatic nitrogens is 1. The molecule has 2 atom stereocenters. The Labute approximate surface area is 113 Å². The summed E-state index contributed by atoms with van der Waals surface area (Å²) in [5.74, 6) is 0.913. The zero-order valence-corrected chi connectivity index (χ0v) is 11.0. The molecular weight excluding hydrogens is 240 g/mol. The van der Waals surface area contributed by atoms with Gasteiger partial charge in [0.1, 0.15) is 0 Å². The van der Waals surface area contributed by atoms with Crippen LogP contribution in [0.3, 0.4) is 0 Å². The number of rotatable bonds is 4. The van der Waals surface area contributed by atoms with Gasteiger partial charge in [-0.15, -0.1) is 0 Å². The zero-order valence-electron chi connectivity index (χ0n) is 11.0. The number of nitrogens with one attached hydrogen (secondary N) is 1. The molecule has 4 nitrogen and oxygen atoms in total. The third-order valence-electron chi connectivity index (χ3n) is 4.17. The summed E-state index contributed by atoms with van der Waals surface area (Å²) in [6.45, 7) is 0.230. The Balaban J connectivity index is 1.62. The molecule has 1 heterocycles. The average molecular weight is 260 g/mol. The van der Waals surface area contributed by atoms with Crippen molar-refractivity contribution in [2.45, 2.75) is 44.1 Å². The molecule has 19 heavy (non-hydrogen) atoms. The number of nitrogens with zero attached hydrogens (tertiary/aromatic N) is 1. The first-order chi connectivity index (χ1) is 9.26. The first-order valence-electron chi connectivity index (χ1n) is 7.14. The number of carbonyl (C=O) groups excluding carboxylic acids is 1. The van der Waals surface area contributed by atoms with Gasteiger partial charge in [-0.25, -0.2) is 0 Å². The van der Waals surface area contributed by atoms with E-state index in [-0.39, 0.29) is 18.6 Å². The molecule has 0 saturated heterocycles. The Kier molecular flexibility index (Phi) is 3.51. The summed E-state index contributed by atoms with van der Waals surface area (Å²) in [6, 6.07) is 3.91. The van der Waals surface area contributed by atoms with E-state index in [2.05, 4.69) is 10.3 Å². The topological polar surface area (TPSA) is 62.2 Å². The van der Waals surface area contributed by atoms with Gasteiger partial charge in [0.2, 0.25) is 0 Å². The van der Waals surface area contributed by atoms with Crippen molar-refractivity contribution in [2.75, 3.05) is 6.61 Å². The lowest BCUT2D eigenvalue weighted by atomic mass is 10.1. The minimum Gasteiger partial charge on any atom is -0.396 e. The number of amides is 1. The van der Waals surface area contributed by atoms with Crippen LogP contribution in [-0.4, -0.2) is 28.6 Å². The fourth-order valence-corrected chi connectivity index (χ4v) is 2.83. The number of carbonyl (C=O) groups is 1. The van der Waals surface area contributed by atoms with Crippen LogP contribution >= 0.6 is 0 Å². The summed E-state index contributed by atoms with van der Waals surface area (Å²) >= 11 is 0. The predicted octanol–water partition coefficient (Wildman–Crippen LogP) is 1.85. The summed E-state index contributed by atoms with van der Waals surface area (Å²) in [5, 5.41) is 12.2. The molecule has 0 aliphatic heterocycles. The van der Waals surface area contributed by atoms with E-state index in [1.165, 1.54) is 12.8 Å². The molecule has 0 spiro atoms. The van der Waals surface area contributed by atoms with Crippen LogP contribution in [-0.2, 0) is 0 Å². The molecule has 2 aliphatic carbocycles. The lowest BCUT2D eigenvalue weighted by Crippen LogP contribution is -2.33. The fourth-order valence-electron chi connectivity index (χ4n) is 2.83. The molecular formula is C15H20N2O2. The van der Waals surface area contributed by atoms with Crippen LogP contribution in [0.4, 0.5) is 0 Å². The predicted molar refractivity (Wildman–Crippen MR) is 71.9 cm³/mol. The summed E-state index contributed by atoms with van der Waals surface area (Å²) < 4.78 is 0. The molecule has 1 amide bonds. The van der Waals surface area contributed by atoms with Crippen molar-refractivity contribution in [3.8, 4) is 0 Å². The Hall–Kier alpha value is -1.42. The molecule has 2 N–H and O–H groups in total. The molecule has 1 aromatic rings. The summed E-state index contributed by atoms with van der Waals surface area (Å²) in [6.07, 6.45) is 6.98. The van der Waals surface area contributed by atoms with Gasteiger partial charge in [-0.05, 0) is 50.2 Å². The summed E-state index contributed by atoms with van der Waals surface area (Å²) in [5.41, 5.74) is 1.76. The normalized spacial score (nSPS) is 26.4. The Morgan fingerprint density at radius 2 is 2.21 bits per heavy atom. The molecule has 2 aliphatic rings. The molecule has 102 valence electrons. The second-order valence-corrected chi connectivity index (χ2v) is 5.78. The number of pyridine rings is 1. The molecule has 0 aromatic carbocycles. The van der Waals surface area contributed by atoms with Crippen molar-refractivity contribution in [3.63, 3.8) is 0 Å². The van der Waals surface area contributed by atoms with E-state index in [0.717, 1.165) is 25.0 Å². The zero-order chi connectivity index (χ0) is 13.2. The van der Waals surface area contributed by atoms with Gasteiger partial charge in [-0.3, -0.25) is 9.78 Å². The summed E-state index contributed by atoms with van der Waals surface area (Å²) in [4.78, 5) is 16.5. The van der Waals surface area contributed by atoms with E-state index < -0.39 is 0 Å². The molecule has 2 saturated carbocycles. The van der Waals surface area contributed by atoms with Crippen molar-refractivity contribution in [1.29, 1.82) is 0 Å². The fraction of sp³-hybridized carbons (Fsp3) is 0.600. The van der Waals surface area contributed by atoms with Gasteiger partial charge in [-0.2, -0.15) is 0 Å². The largest absolute Gasteiger partial charge is 0.396 e. The highest BCUT2D eigenvalue weighted by Gasteiger charge is 2.27. The van der Waals surface area contributed by atoms with Crippen LogP contribution < -0.4 is 5.32 Å². The third-order valence-corrected chi connectivity index (χ3v) is 4.17. The molecule has 0 unspecified atom stereocenters. The van der Waals surface area contributed by atoms with Crippen LogP contribution in [0.5, 0.6) is 0 Å². The van der Waals surface area contributed by atoms with E-state index >= 15 is 0 Å². The first kappa shape index (κ1) is 12.6. The maximum atomic E-state index is 12.2. The van der Waals surface area contributed by atoms with Crippen LogP contribution in [0, 0.1) is 5.92 Å². The minimum atomic E-state index is -0.00658. The maximum Gasteiger partial charge on any atom is 0.251 e. The monoisotopic (exact) mass is 260 g/mol. The van der Waals surface area contributed by atoms with Gasteiger partial charge in [0.05, 0.1) is 0 Å². The maximum absolute atomic E-state index is 12.2. The molecule has 2 fully saturated rings. The van der Waals surface area contributed by atoms with Crippen molar-refractivity contribution >= 4 is 5.91 Å². The first-order valence-corrected chi connectivity index (χ1v) is 7.14. The smallest absolute Gasteiger partial charge is 0.251 e. The minimum absolute atomic E-state index is 0.00658. The highest BCUT2D eigenvalue weighted by Crippen LogP contribution is 2.39. The van der Waals surface area contributed by atoms with Gasteiger partial charge < -0.3 is 10.4 Å². The second kappa shape index (κ2) is 5.29. The van der Waals surface area contributed by atoms with Crippen LogP contribution in [0.2, 0.25) is 0 Å². The molecule has 3 rings (SSSR count). The van der Waals surface area contributed by atoms with Crippen molar-refractivity contribution in [2.24, 2.45) is 5.92 Å². The Morgan fingerprint density at radius 3 is 2.89 bits per heavy atom. The molecule has 0 bridgehead atoms. The highest BCUT2D eigenvalue weighted by atomic mass is 16.3. The highest BCUT2D eigenvalue weighted by molar-refractivity contribution is 5.94. The lowest BCUT2D eigenvalue weighted by molar-refractivity contribution is 0.0935. The van der Waals surface area contributed by atoms with Crippen LogP contribution in [0.25, 0.3) is 0 Å². The Morgan fingerprint density at radius 1 is 1.37 bits per heavy atom. The van der Waals surface area contributed by atoms with E-state index in [1.54, 1.807) is 12.3 Å². The van der Waals surface area contributed by atoms with E-state index in [0.29, 0.717) is 17.4 Å². The van der Waals surface area contributed by atoms with Crippen molar-refractivity contribution in [1.82, 2.24) is 10.3 Å². The van der Waals surface area contributed by atoms with E-state index in [9.17, 15) is 4.79 Å². The van der Waals surface area contributed by atoms with Gasteiger partial charge in [0.25, 0.3) is 5.91 Å². The molecule has 4 heteroatoms. The summed E-state index contributed by atoms with van der Waals surface area (Å²) in [7, 11) is 0. The van der Waals surface area contributed by atoms with Crippen LogP contribution in [0.15, 0.2) is 18.3 Å². The second-order valence-electron chi connectivity index (χ2n) is 5.78. The van der Waals surface area contributed by atoms with E-state index in [1.807, 2.05) is 6.07 Å². The lowest BCUT2D eigenvalue weighted by Gasteiger charge is -2.13. The quantitative estimate of drug-likeness (QED) is 0.868. The SMILES string of the molecule is O=C(N[C@H]1CC[C@@H](CO)C1)c1ccnc(C2CC2)c1.